The number of hydrogen-bond acceptors (Lipinski definition) is 6. The van der Waals surface area contributed by atoms with E-state index in [2.05, 4.69) is 30.5 Å². The molecule has 10 heteroatoms. The Bertz CT molecular complexity index is 1070. The van der Waals surface area contributed by atoms with Gasteiger partial charge in [-0.2, -0.15) is 0 Å². The number of aromatic nitrogens is 4. The number of aromatic amines is 1. The Morgan fingerprint density at radius 2 is 2.21 bits per heavy atom. The average Bonchev–Trinajstić information content (AvgIpc) is 3.46. The van der Waals surface area contributed by atoms with E-state index in [1.165, 1.54) is 18.8 Å². The number of H-pyrrole nitrogens is 1. The van der Waals surface area contributed by atoms with Crippen LogP contribution in [0, 0.1) is 0 Å². The second-order valence-electron chi connectivity index (χ2n) is 7.02. The van der Waals surface area contributed by atoms with Gasteiger partial charge in [-0.05, 0) is 32.4 Å². The summed E-state index contributed by atoms with van der Waals surface area (Å²) < 4.78 is 33.5. The van der Waals surface area contributed by atoms with E-state index < -0.39 is 10.0 Å². The molecule has 29 heavy (non-hydrogen) atoms. The lowest BCUT2D eigenvalue weighted by atomic mass is 10.1. The average molecular weight is 436 g/mol. The Kier molecular flexibility index (Phi) is 6.23. The standard InChI is InChI=1S/C19H25N5O3S2/c1-20-29(25,26)11-5-10-28-19-23-22-18(24(19)13-14-6-4-9-27-14)16-12-21-17-8-3-2-7-15(16)17/h2-3,7-8,12,14,20-21H,4-6,9-11,13H2,1H3. The Hall–Kier alpha value is -1.88. The predicted molar refractivity (Wildman–Crippen MR) is 114 cm³/mol. The number of sulfonamides is 1. The van der Waals surface area contributed by atoms with E-state index in [4.69, 9.17) is 4.74 Å². The number of rotatable bonds is 9. The number of para-hydroxylation sites is 1. The molecule has 0 bridgehead atoms. The van der Waals surface area contributed by atoms with Crippen molar-refractivity contribution < 1.29 is 13.2 Å². The zero-order chi connectivity index (χ0) is 20.3. The minimum Gasteiger partial charge on any atom is -0.376 e. The second-order valence-corrected chi connectivity index (χ2v) is 10.1. The van der Waals surface area contributed by atoms with Crippen LogP contribution in [0.25, 0.3) is 22.3 Å². The summed E-state index contributed by atoms with van der Waals surface area (Å²) in [6, 6.07) is 8.12. The van der Waals surface area contributed by atoms with Crippen molar-refractivity contribution in [1.29, 1.82) is 0 Å². The van der Waals surface area contributed by atoms with Gasteiger partial charge in [0.25, 0.3) is 0 Å². The van der Waals surface area contributed by atoms with Gasteiger partial charge in [0, 0.05) is 35.0 Å². The maximum Gasteiger partial charge on any atom is 0.211 e. The van der Waals surface area contributed by atoms with E-state index in [1.54, 1.807) is 0 Å². The maximum atomic E-state index is 11.6. The van der Waals surface area contributed by atoms with Crippen LogP contribution in [-0.4, -0.2) is 59.4 Å². The lowest BCUT2D eigenvalue weighted by molar-refractivity contribution is 0.0953. The highest BCUT2D eigenvalue weighted by Crippen LogP contribution is 2.31. The molecular weight excluding hydrogens is 410 g/mol. The number of nitrogens with zero attached hydrogens (tertiary/aromatic N) is 3. The minimum absolute atomic E-state index is 0.103. The summed E-state index contributed by atoms with van der Waals surface area (Å²) in [6.07, 6.45) is 4.76. The first-order valence-corrected chi connectivity index (χ1v) is 12.4. The summed E-state index contributed by atoms with van der Waals surface area (Å²) in [5.74, 6) is 1.56. The Morgan fingerprint density at radius 1 is 1.34 bits per heavy atom. The van der Waals surface area contributed by atoms with Crippen molar-refractivity contribution in [3.05, 3.63) is 30.5 Å². The first-order valence-electron chi connectivity index (χ1n) is 9.73. The summed E-state index contributed by atoms with van der Waals surface area (Å²) in [4.78, 5) is 3.30. The number of nitrogens with one attached hydrogen (secondary N) is 2. The SMILES string of the molecule is CNS(=O)(=O)CCCSc1nnc(-c2c[nH]c3ccccc23)n1CC1CCCO1. The third-order valence-corrected chi connectivity index (χ3v) is 7.56. The zero-order valence-corrected chi connectivity index (χ0v) is 17.9. The molecule has 1 aliphatic rings. The molecule has 3 heterocycles. The van der Waals surface area contributed by atoms with E-state index in [9.17, 15) is 8.42 Å². The molecule has 1 aliphatic heterocycles. The molecular formula is C19H25N5O3S2. The van der Waals surface area contributed by atoms with Crippen molar-refractivity contribution in [2.24, 2.45) is 0 Å². The molecule has 4 rings (SSSR count). The van der Waals surface area contributed by atoms with Crippen molar-refractivity contribution in [3.63, 3.8) is 0 Å². The molecule has 2 aromatic heterocycles. The van der Waals surface area contributed by atoms with E-state index >= 15 is 0 Å². The van der Waals surface area contributed by atoms with Gasteiger partial charge in [0.1, 0.15) is 0 Å². The molecule has 0 spiro atoms. The van der Waals surface area contributed by atoms with Gasteiger partial charge in [-0.25, -0.2) is 13.1 Å². The van der Waals surface area contributed by atoms with Gasteiger partial charge >= 0.3 is 0 Å². The Morgan fingerprint density at radius 3 is 3.00 bits per heavy atom. The molecule has 156 valence electrons. The summed E-state index contributed by atoms with van der Waals surface area (Å²) in [6.45, 7) is 1.48. The second kappa shape index (κ2) is 8.86. The summed E-state index contributed by atoms with van der Waals surface area (Å²) in [7, 11) is -1.75. The first kappa shape index (κ1) is 20.4. The molecule has 0 radical (unpaired) electrons. The number of hydrogen-bond donors (Lipinski definition) is 2. The Balaban J connectivity index is 1.58. The highest BCUT2D eigenvalue weighted by Gasteiger charge is 2.23. The van der Waals surface area contributed by atoms with Crippen molar-refractivity contribution in [1.82, 2.24) is 24.5 Å². The van der Waals surface area contributed by atoms with Crippen LogP contribution in [0.3, 0.4) is 0 Å². The van der Waals surface area contributed by atoms with E-state index in [0.717, 1.165) is 46.9 Å². The molecule has 1 saturated heterocycles. The fourth-order valence-corrected chi connectivity index (χ4v) is 5.32. The number of benzene rings is 1. The van der Waals surface area contributed by atoms with Crippen LogP contribution in [0.1, 0.15) is 19.3 Å². The first-order chi connectivity index (χ1) is 14.1. The maximum absolute atomic E-state index is 11.6. The van der Waals surface area contributed by atoms with Crippen LogP contribution in [0.2, 0.25) is 0 Å². The fourth-order valence-electron chi connectivity index (χ4n) is 3.52. The molecule has 0 amide bonds. The van der Waals surface area contributed by atoms with E-state index in [-0.39, 0.29) is 11.9 Å². The molecule has 2 N–H and O–H groups in total. The molecule has 1 unspecified atom stereocenters. The van der Waals surface area contributed by atoms with Crippen LogP contribution >= 0.6 is 11.8 Å². The van der Waals surface area contributed by atoms with Crippen molar-refractivity contribution in [3.8, 4) is 11.4 Å². The Labute approximate surface area is 174 Å². The monoisotopic (exact) mass is 435 g/mol. The predicted octanol–water partition coefficient (Wildman–Crippen LogP) is 2.64. The summed E-state index contributed by atoms with van der Waals surface area (Å²) in [5, 5.41) is 10.8. The highest BCUT2D eigenvalue weighted by molar-refractivity contribution is 7.99. The quantitative estimate of drug-likeness (QED) is 0.396. The third-order valence-electron chi connectivity index (χ3n) is 5.06. The number of fused-ring (bicyclic) bond motifs is 1. The minimum atomic E-state index is -3.19. The fraction of sp³-hybridized carbons (Fsp3) is 0.474. The zero-order valence-electron chi connectivity index (χ0n) is 16.3. The number of ether oxygens (including phenoxy) is 1. The molecule has 1 fully saturated rings. The molecule has 1 aromatic carbocycles. The molecule has 0 saturated carbocycles. The van der Waals surface area contributed by atoms with E-state index in [1.807, 2.05) is 24.4 Å². The van der Waals surface area contributed by atoms with Gasteiger partial charge < -0.3 is 9.72 Å². The van der Waals surface area contributed by atoms with Crippen LogP contribution in [0.4, 0.5) is 0 Å². The highest BCUT2D eigenvalue weighted by atomic mass is 32.2. The largest absolute Gasteiger partial charge is 0.376 e. The van der Waals surface area contributed by atoms with Gasteiger partial charge in [-0.1, -0.05) is 30.0 Å². The molecule has 8 nitrogen and oxygen atoms in total. The molecule has 1 atom stereocenters. The normalized spacial score (nSPS) is 17.3. The number of thioether (sulfide) groups is 1. The van der Waals surface area contributed by atoms with Crippen molar-refractivity contribution in [2.45, 2.75) is 37.1 Å². The topological polar surface area (TPSA) is 102 Å². The summed E-state index contributed by atoms with van der Waals surface area (Å²) in [5.41, 5.74) is 2.07. The smallest absolute Gasteiger partial charge is 0.211 e. The van der Waals surface area contributed by atoms with Gasteiger partial charge in [0.05, 0.1) is 18.4 Å². The van der Waals surface area contributed by atoms with Crippen LogP contribution < -0.4 is 4.72 Å². The lowest BCUT2D eigenvalue weighted by Gasteiger charge is -2.14. The van der Waals surface area contributed by atoms with Crippen LogP contribution in [0.5, 0.6) is 0 Å². The van der Waals surface area contributed by atoms with Gasteiger partial charge in [0.2, 0.25) is 10.0 Å². The lowest BCUT2D eigenvalue weighted by Crippen LogP contribution is -2.22. The summed E-state index contributed by atoms with van der Waals surface area (Å²) >= 11 is 1.54. The van der Waals surface area contributed by atoms with Gasteiger partial charge in [0.15, 0.2) is 11.0 Å². The van der Waals surface area contributed by atoms with Gasteiger partial charge in [-0.15, -0.1) is 10.2 Å². The van der Waals surface area contributed by atoms with Crippen molar-refractivity contribution >= 4 is 32.7 Å². The van der Waals surface area contributed by atoms with Crippen LogP contribution in [0.15, 0.2) is 35.6 Å². The van der Waals surface area contributed by atoms with E-state index in [0.29, 0.717) is 18.7 Å². The van der Waals surface area contributed by atoms with Gasteiger partial charge in [-0.3, -0.25) is 4.57 Å². The third kappa shape index (κ3) is 4.66. The molecule has 3 aromatic rings. The van der Waals surface area contributed by atoms with Crippen LogP contribution in [-0.2, 0) is 21.3 Å². The molecule has 0 aliphatic carbocycles. The van der Waals surface area contributed by atoms with Crippen molar-refractivity contribution in [2.75, 3.05) is 25.2 Å².